The van der Waals surface area contributed by atoms with Gasteiger partial charge in [0.15, 0.2) is 0 Å². The average molecular weight is 188 g/mol. The molecule has 0 rings (SSSR count). The number of nitrogens with zero attached hydrogens (tertiary/aromatic N) is 2. The summed E-state index contributed by atoms with van der Waals surface area (Å²) in [5, 5.41) is 14.0. The molecule has 0 aliphatic carbocycles. The van der Waals surface area contributed by atoms with Crippen LogP contribution in [0.5, 0.6) is 0 Å². The van der Waals surface area contributed by atoms with Crippen LogP contribution in [0.25, 0.3) is 11.5 Å². The van der Waals surface area contributed by atoms with E-state index in [-0.39, 0.29) is 20.4 Å². The van der Waals surface area contributed by atoms with Crippen molar-refractivity contribution < 1.29 is 20.4 Å². The maximum atomic E-state index is 6.99. The largest absolute Gasteiger partial charge is 2.00 e. The van der Waals surface area contributed by atoms with Gasteiger partial charge in [-0.25, -0.2) is 0 Å². The first-order valence-corrected chi connectivity index (χ1v) is 0.947. The van der Waals surface area contributed by atoms with Crippen molar-refractivity contribution >= 4 is 0 Å². The van der Waals surface area contributed by atoms with Crippen molar-refractivity contribution in [3.05, 3.63) is 11.5 Å². The van der Waals surface area contributed by atoms with Crippen LogP contribution in [0.4, 0.5) is 0 Å². The minimum absolute atomic E-state index is 0. The molecule has 4 nitrogen and oxygen atoms in total. The Kier molecular flexibility index (Phi) is 143. The van der Waals surface area contributed by atoms with Crippen molar-refractivity contribution in [2.75, 3.05) is 0 Å². The summed E-state index contributed by atoms with van der Waals surface area (Å²) in [6.45, 7) is 0. The van der Waals surface area contributed by atoms with Crippen molar-refractivity contribution in [2.24, 2.45) is 0 Å². The fourth-order valence-corrected chi connectivity index (χ4v) is 0. The topological polar surface area (TPSA) is 95.2 Å². The van der Waals surface area contributed by atoms with E-state index >= 15 is 0 Å². The molecule has 0 spiro atoms. The minimum atomic E-state index is 0. The summed E-state index contributed by atoms with van der Waals surface area (Å²) in [6, 6.07) is 0. The van der Waals surface area contributed by atoms with Crippen molar-refractivity contribution in [3.8, 4) is 12.4 Å². The second-order valence-electron chi connectivity index (χ2n) is 0.224. The Morgan fingerprint density at radius 3 is 1.00 bits per heavy atom. The van der Waals surface area contributed by atoms with Gasteiger partial charge in [-0.1, -0.05) is 12.4 Å². The van der Waals surface area contributed by atoms with Crippen LogP contribution < -0.4 is 0 Å². The van der Waals surface area contributed by atoms with E-state index < -0.39 is 0 Å². The third-order valence-corrected chi connectivity index (χ3v) is 0. The second kappa shape index (κ2) is 61.1. The van der Waals surface area contributed by atoms with Gasteiger partial charge in [0, 0.05) is 0 Å². The standard InChI is InChI=1S/2CHN2.Pd/c2*2-1-3;/h2*2H;/q2*-1;+2. The van der Waals surface area contributed by atoms with Gasteiger partial charge >= 0.3 is 20.4 Å². The van der Waals surface area contributed by atoms with Gasteiger partial charge in [-0.05, 0) is 0 Å². The van der Waals surface area contributed by atoms with E-state index in [2.05, 4.69) is 0 Å². The molecule has 0 bridgehead atoms. The average Bonchev–Trinajstić information content (AvgIpc) is 1.39. The first-order chi connectivity index (χ1) is 2.83. The molecule has 0 aromatic heterocycles. The number of hydrogen-bond donors (Lipinski definition) is 0. The van der Waals surface area contributed by atoms with Gasteiger partial charge in [-0.2, -0.15) is 0 Å². The molecular formula is C2H2N4Pd. The predicted molar refractivity (Wildman–Crippen MR) is 19.9 cm³/mol. The molecule has 0 aliphatic heterocycles. The molecule has 0 saturated heterocycles. The van der Waals surface area contributed by atoms with Crippen molar-refractivity contribution in [2.45, 2.75) is 0 Å². The van der Waals surface area contributed by atoms with E-state index in [4.69, 9.17) is 22.0 Å². The summed E-state index contributed by atoms with van der Waals surface area (Å²) >= 11 is 0. The van der Waals surface area contributed by atoms with E-state index in [1.165, 1.54) is 0 Å². The molecule has 0 radical (unpaired) electrons. The maximum Gasteiger partial charge on any atom is 2.00 e. The fourth-order valence-electron chi connectivity index (χ4n) is 0. The number of nitriles is 2. The Hall–Kier alpha value is -0.758. The molecule has 0 atom stereocenters. The van der Waals surface area contributed by atoms with Crippen LogP contribution in [0.1, 0.15) is 0 Å². The molecule has 40 valence electrons. The predicted octanol–water partition coefficient (Wildman–Crippen LogP) is 1.04. The second-order valence-corrected chi connectivity index (χ2v) is 0.224. The Morgan fingerprint density at radius 2 is 1.00 bits per heavy atom. The van der Waals surface area contributed by atoms with E-state index in [0.717, 1.165) is 12.4 Å². The molecule has 7 heavy (non-hydrogen) atoms. The van der Waals surface area contributed by atoms with Crippen LogP contribution >= 0.6 is 0 Å². The molecule has 5 heteroatoms. The summed E-state index contributed by atoms with van der Waals surface area (Å²) < 4.78 is 0. The minimum Gasteiger partial charge on any atom is -0.494 e. The van der Waals surface area contributed by atoms with Crippen LogP contribution in [0.2, 0.25) is 0 Å². The quantitative estimate of drug-likeness (QED) is 0.419. The van der Waals surface area contributed by atoms with Gasteiger partial charge in [-0.15, -0.1) is 0 Å². The third-order valence-electron chi connectivity index (χ3n) is 0. The fraction of sp³-hybridized carbons (Fsp3) is 0. The molecule has 0 aliphatic rings. The monoisotopic (exact) mass is 188 g/mol. The number of hydrogen-bond acceptors (Lipinski definition) is 2. The molecule has 0 heterocycles. The first kappa shape index (κ1) is 16.3. The maximum absolute atomic E-state index is 6.99. The van der Waals surface area contributed by atoms with E-state index in [9.17, 15) is 0 Å². The van der Waals surface area contributed by atoms with Crippen LogP contribution in [0.3, 0.4) is 0 Å². The summed E-state index contributed by atoms with van der Waals surface area (Å²) in [5.41, 5.74) is 11.0. The zero-order valence-electron chi connectivity index (χ0n) is 3.21. The van der Waals surface area contributed by atoms with E-state index in [1.807, 2.05) is 0 Å². The normalized spacial score (nSPS) is 2.00. The Bertz CT molecular complexity index is 64.7. The molecular weight excluding hydrogens is 186 g/mol. The summed E-state index contributed by atoms with van der Waals surface area (Å²) in [4.78, 5) is 0. The van der Waals surface area contributed by atoms with Gasteiger partial charge in [0.1, 0.15) is 0 Å². The van der Waals surface area contributed by atoms with Crippen molar-refractivity contribution in [3.63, 3.8) is 0 Å². The first-order valence-electron chi connectivity index (χ1n) is 0.947. The summed E-state index contributed by atoms with van der Waals surface area (Å²) in [5.74, 6) is 0. The van der Waals surface area contributed by atoms with Gasteiger partial charge in [0.05, 0.1) is 0 Å². The summed E-state index contributed by atoms with van der Waals surface area (Å²) in [7, 11) is 0. The van der Waals surface area contributed by atoms with Gasteiger partial charge in [0.25, 0.3) is 0 Å². The zero-order chi connectivity index (χ0) is 5.41. The Balaban J connectivity index is -0.0000000400. The number of nitrogens with one attached hydrogen (secondary N) is 2. The van der Waals surface area contributed by atoms with Crippen LogP contribution in [-0.2, 0) is 20.4 Å². The van der Waals surface area contributed by atoms with Gasteiger partial charge < -0.3 is 22.0 Å². The molecule has 0 aromatic carbocycles. The van der Waals surface area contributed by atoms with Crippen molar-refractivity contribution in [1.82, 2.24) is 0 Å². The van der Waals surface area contributed by atoms with E-state index in [1.54, 1.807) is 0 Å². The van der Waals surface area contributed by atoms with Crippen LogP contribution in [0, 0.1) is 22.9 Å². The van der Waals surface area contributed by atoms with Crippen molar-refractivity contribution in [1.29, 1.82) is 10.5 Å². The third kappa shape index (κ3) is 96.0. The molecule has 0 amide bonds. The van der Waals surface area contributed by atoms with Gasteiger partial charge in [0.2, 0.25) is 0 Å². The van der Waals surface area contributed by atoms with Crippen LogP contribution in [-0.4, -0.2) is 0 Å². The van der Waals surface area contributed by atoms with Gasteiger partial charge in [-0.3, -0.25) is 0 Å². The smallest absolute Gasteiger partial charge is 0.494 e. The molecule has 2 N–H and O–H groups in total. The molecule has 0 fully saturated rings. The molecule has 0 saturated carbocycles. The Morgan fingerprint density at radius 1 is 1.00 bits per heavy atom. The summed E-state index contributed by atoms with van der Waals surface area (Å²) in [6.07, 6.45) is 2.00. The molecule has 0 aromatic rings. The number of rotatable bonds is 0. The van der Waals surface area contributed by atoms with Crippen LogP contribution in [0.15, 0.2) is 0 Å². The van der Waals surface area contributed by atoms with E-state index in [0.29, 0.717) is 0 Å². The Labute approximate surface area is 55.4 Å². The SMILES string of the molecule is N#C[NH-].N#C[NH-].[Pd+2]. The molecule has 0 unspecified atom stereocenters. The zero-order valence-corrected chi connectivity index (χ0v) is 4.77.